The molecule has 3 nitrogen and oxygen atoms in total. The fraction of sp³-hybridized carbons (Fsp3) is 0.136. The molecule has 0 radical (unpaired) electrons. The van der Waals surface area contributed by atoms with E-state index in [-0.39, 0.29) is 5.82 Å². The molecule has 4 heteroatoms. The van der Waals surface area contributed by atoms with E-state index in [0.29, 0.717) is 18.1 Å². The molecule has 0 amide bonds. The van der Waals surface area contributed by atoms with Crippen molar-refractivity contribution in [1.29, 1.82) is 0 Å². The Morgan fingerprint density at radius 3 is 2.35 bits per heavy atom. The van der Waals surface area contributed by atoms with Crippen LogP contribution in [0.4, 0.5) is 10.3 Å². The third-order valence-electron chi connectivity index (χ3n) is 4.77. The van der Waals surface area contributed by atoms with Crippen LogP contribution in [0.1, 0.15) is 11.1 Å². The number of nitrogens with zero attached hydrogens (tertiary/aromatic N) is 2. The number of para-hydroxylation sites is 2. The number of aryl methyl sites for hydroxylation is 2. The second kappa shape index (κ2) is 7.00. The lowest BCUT2D eigenvalue weighted by Gasteiger charge is -2.04. The Morgan fingerprint density at radius 1 is 0.846 bits per heavy atom. The number of fused-ring (bicyclic) bond motifs is 1. The first-order chi connectivity index (χ1) is 12.7. The molecular formula is C22H21FN3+. The first-order valence-electron chi connectivity index (χ1n) is 8.78. The van der Waals surface area contributed by atoms with E-state index in [4.69, 9.17) is 5.73 Å². The van der Waals surface area contributed by atoms with Crippen LogP contribution in [0.2, 0.25) is 0 Å². The summed E-state index contributed by atoms with van der Waals surface area (Å²) < 4.78 is 18.2. The third kappa shape index (κ3) is 3.06. The molecule has 0 saturated heterocycles. The summed E-state index contributed by atoms with van der Waals surface area (Å²) in [7, 11) is 0. The summed E-state index contributed by atoms with van der Waals surface area (Å²) in [5.41, 5.74) is 10.5. The largest absolute Gasteiger partial charge is 0.356 e. The molecule has 0 aliphatic rings. The first kappa shape index (κ1) is 16.3. The van der Waals surface area contributed by atoms with Gasteiger partial charge < -0.3 is 0 Å². The number of anilines is 1. The molecule has 130 valence electrons. The van der Waals surface area contributed by atoms with Gasteiger partial charge in [0.15, 0.2) is 0 Å². The summed E-state index contributed by atoms with van der Waals surface area (Å²) in [5, 5.41) is 0. The predicted molar refractivity (Wildman–Crippen MR) is 102 cm³/mol. The molecule has 4 aromatic rings. The van der Waals surface area contributed by atoms with Gasteiger partial charge in [-0.1, -0.05) is 60.7 Å². The molecule has 0 aliphatic carbocycles. The molecule has 1 heterocycles. The van der Waals surface area contributed by atoms with Crippen LogP contribution in [-0.2, 0) is 19.5 Å². The summed E-state index contributed by atoms with van der Waals surface area (Å²) in [6.45, 7) is 1.19. The molecule has 2 N–H and O–H groups in total. The zero-order valence-electron chi connectivity index (χ0n) is 14.5. The van der Waals surface area contributed by atoms with E-state index in [1.807, 2.05) is 47.0 Å². The second-order valence-corrected chi connectivity index (χ2v) is 6.41. The zero-order chi connectivity index (χ0) is 17.9. The standard InChI is InChI=1S/C22H20FN3/c23-19-11-5-4-10-18(19)16-26-21-13-7-6-12-20(21)25(22(26)24)15-14-17-8-2-1-3-9-17/h1-13,24H,14-16H2/p+1. The molecular weight excluding hydrogens is 325 g/mol. The Bertz CT molecular complexity index is 1040. The van der Waals surface area contributed by atoms with E-state index in [9.17, 15) is 4.39 Å². The van der Waals surface area contributed by atoms with Crippen molar-refractivity contribution in [3.8, 4) is 0 Å². The van der Waals surface area contributed by atoms with Gasteiger partial charge in [-0.15, -0.1) is 0 Å². The van der Waals surface area contributed by atoms with Gasteiger partial charge in [0.25, 0.3) is 0 Å². The summed E-state index contributed by atoms with van der Waals surface area (Å²) in [5.74, 6) is 0.436. The van der Waals surface area contributed by atoms with Crippen LogP contribution >= 0.6 is 0 Å². The lowest BCUT2D eigenvalue weighted by molar-refractivity contribution is -0.648. The highest BCUT2D eigenvalue weighted by molar-refractivity contribution is 5.73. The third-order valence-corrected chi connectivity index (χ3v) is 4.77. The van der Waals surface area contributed by atoms with E-state index in [0.717, 1.165) is 24.0 Å². The first-order valence-corrected chi connectivity index (χ1v) is 8.78. The van der Waals surface area contributed by atoms with Crippen molar-refractivity contribution in [2.45, 2.75) is 19.5 Å². The quantitative estimate of drug-likeness (QED) is 0.546. The smallest absolute Gasteiger partial charge is 0.290 e. The van der Waals surface area contributed by atoms with E-state index in [1.165, 1.54) is 11.6 Å². The minimum absolute atomic E-state index is 0.208. The van der Waals surface area contributed by atoms with Gasteiger partial charge in [-0.3, -0.25) is 5.73 Å². The Hall–Kier alpha value is -3.14. The number of benzene rings is 3. The number of rotatable bonds is 5. The van der Waals surface area contributed by atoms with Crippen LogP contribution in [0.3, 0.4) is 0 Å². The lowest BCUT2D eigenvalue weighted by Crippen LogP contribution is -2.37. The highest BCUT2D eigenvalue weighted by atomic mass is 19.1. The van der Waals surface area contributed by atoms with E-state index < -0.39 is 0 Å². The number of nitrogens with two attached hydrogens (primary N) is 1. The molecule has 0 atom stereocenters. The maximum Gasteiger partial charge on any atom is 0.356 e. The van der Waals surface area contributed by atoms with Gasteiger partial charge in [0.2, 0.25) is 0 Å². The molecule has 26 heavy (non-hydrogen) atoms. The average molecular weight is 346 g/mol. The lowest BCUT2D eigenvalue weighted by atomic mass is 10.1. The summed E-state index contributed by atoms with van der Waals surface area (Å²) >= 11 is 0. The molecule has 4 rings (SSSR count). The number of aromatic nitrogens is 2. The Labute approximate surface area is 152 Å². The average Bonchev–Trinajstić information content (AvgIpc) is 2.94. The van der Waals surface area contributed by atoms with Gasteiger partial charge in [-0.2, -0.15) is 0 Å². The van der Waals surface area contributed by atoms with Crippen molar-refractivity contribution in [3.05, 3.63) is 95.8 Å². The number of imidazole rings is 1. The number of nitrogen functional groups attached to an aromatic ring is 1. The van der Waals surface area contributed by atoms with Crippen LogP contribution in [0.15, 0.2) is 78.9 Å². The van der Waals surface area contributed by atoms with E-state index in [1.54, 1.807) is 12.1 Å². The monoisotopic (exact) mass is 346 g/mol. The van der Waals surface area contributed by atoms with Crippen molar-refractivity contribution in [1.82, 2.24) is 4.57 Å². The Kier molecular flexibility index (Phi) is 4.40. The Balaban J connectivity index is 1.72. The minimum atomic E-state index is -0.208. The number of hydrogen-bond donors (Lipinski definition) is 1. The van der Waals surface area contributed by atoms with E-state index in [2.05, 4.69) is 22.8 Å². The summed E-state index contributed by atoms with van der Waals surface area (Å²) in [4.78, 5) is 0. The summed E-state index contributed by atoms with van der Waals surface area (Å²) in [6.07, 6.45) is 0.892. The van der Waals surface area contributed by atoms with Crippen molar-refractivity contribution >= 4 is 17.0 Å². The van der Waals surface area contributed by atoms with Gasteiger partial charge in [0.1, 0.15) is 23.4 Å². The van der Waals surface area contributed by atoms with Crippen molar-refractivity contribution in [3.63, 3.8) is 0 Å². The number of halogens is 1. The molecule has 0 bridgehead atoms. The number of hydrogen-bond acceptors (Lipinski definition) is 1. The fourth-order valence-corrected chi connectivity index (χ4v) is 3.40. The molecule has 3 aromatic carbocycles. The molecule has 0 spiro atoms. The summed E-state index contributed by atoms with van der Waals surface area (Å²) in [6, 6.07) is 25.3. The maximum atomic E-state index is 14.1. The van der Waals surface area contributed by atoms with Crippen LogP contribution in [-0.4, -0.2) is 4.57 Å². The fourth-order valence-electron chi connectivity index (χ4n) is 3.40. The minimum Gasteiger partial charge on any atom is -0.290 e. The van der Waals surface area contributed by atoms with Gasteiger partial charge in [-0.05, 0) is 23.8 Å². The van der Waals surface area contributed by atoms with Crippen LogP contribution in [0.5, 0.6) is 0 Å². The van der Waals surface area contributed by atoms with Gasteiger partial charge in [-0.25, -0.2) is 13.5 Å². The van der Waals surface area contributed by atoms with Gasteiger partial charge in [0.05, 0.1) is 6.54 Å². The molecule has 0 aliphatic heterocycles. The van der Waals surface area contributed by atoms with Crippen molar-refractivity contribution < 1.29 is 8.96 Å². The highest BCUT2D eigenvalue weighted by Crippen LogP contribution is 2.18. The molecule has 0 unspecified atom stereocenters. The molecule has 1 aromatic heterocycles. The van der Waals surface area contributed by atoms with Gasteiger partial charge in [0, 0.05) is 12.0 Å². The SMILES string of the molecule is Nc1n(CCc2ccccc2)c2ccccc2[n+]1Cc1ccccc1F. The van der Waals surface area contributed by atoms with E-state index >= 15 is 0 Å². The second-order valence-electron chi connectivity index (χ2n) is 6.41. The Morgan fingerprint density at radius 2 is 1.54 bits per heavy atom. The van der Waals surface area contributed by atoms with Gasteiger partial charge >= 0.3 is 5.95 Å². The molecule has 0 fully saturated rings. The highest BCUT2D eigenvalue weighted by Gasteiger charge is 2.21. The normalized spacial score (nSPS) is 11.1. The van der Waals surface area contributed by atoms with Crippen molar-refractivity contribution in [2.75, 3.05) is 5.73 Å². The maximum absolute atomic E-state index is 14.1. The predicted octanol–water partition coefficient (Wildman–Crippen LogP) is 3.94. The van der Waals surface area contributed by atoms with Crippen LogP contribution < -0.4 is 10.3 Å². The zero-order valence-corrected chi connectivity index (χ0v) is 14.5. The topological polar surface area (TPSA) is 34.8 Å². The van der Waals surface area contributed by atoms with Crippen LogP contribution in [0.25, 0.3) is 11.0 Å². The van der Waals surface area contributed by atoms with Crippen molar-refractivity contribution in [2.24, 2.45) is 0 Å². The molecule has 0 saturated carbocycles. The van der Waals surface area contributed by atoms with Crippen LogP contribution in [0, 0.1) is 5.82 Å².